The molecule has 1 aromatic carbocycles. The van der Waals surface area contributed by atoms with Crippen molar-refractivity contribution in [1.82, 2.24) is 9.97 Å². The molecular formula is C16H15N3O4S. The number of fused-ring (bicyclic) bond motifs is 1. The van der Waals surface area contributed by atoms with E-state index in [9.17, 15) is 4.79 Å². The highest BCUT2D eigenvalue weighted by atomic mass is 32.1. The molecule has 0 aliphatic rings. The van der Waals surface area contributed by atoms with Crippen molar-refractivity contribution >= 4 is 33.1 Å². The van der Waals surface area contributed by atoms with Crippen LogP contribution in [0.25, 0.3) is 10.2 Å². The lowest BCUT2D eigenvalue weighted by Crippen LogP contribution is -2.12. The Kier molecular flexibility index (Phi) is 4.48. The lowest BCUT2D eigenvalue weighted by molar-refractivity contribution is 0.102. The van der Waals surface area contributed by atoms with Gasteiger partial charge in [0.15, 0.2) is 11.5 Å². The van der Waals surface area contributed by atoms with Crippen LogP contribution in [0, 0.1) is 0 Å². The quantitative estimate of drug-likeness (QED) is 0.765. The van der Waals surface area contributed by atoms with Crippen LogP contribution in [-0.4, -0.2) is 37.2 Å². The molecule has 1 N–H and O–H groups in total. The van der Waals surface area contributed by atoms with Crippen molar-refractivity contribution in [3.63, 3.8) is 0 Å². The summed E-state index contributed by atoms with van der Waals surface area (Å²) in [6, 6.07) is 3.34. The number of thiophene rings is 1. The third-order valence-electron chi connectivity index (χ3n) is 3.40. The van der Waals surface area contributed by atoms with E-state index in [0.29, 0.717) is 34.0 Å². The van der Waals surface area contributed by atoms with Gasteiger partial charge in [0.1, 0.15) is 6.33 Å². The summed E-state index contributed by atoms with van der Waals surface area (Å²) in [6.07, 6.45) is 3.11. The highest BCUT2D eigenvalue weighted by Gasteiger charge is 2.17. The molecule has 7 nitrogen and oxygen atoms in total. The van der Waals surface area contributed by atoms with Gasteiger partial charge < -0.3 is 19.5 Å². The number of carbonyl (C=O) groups is 1. The molecule has 0 aliphatic heterocycles. The number of hydrogen-bond donors (Lipinski definition) is 1. The minimum Gasteiger partial charge on any atom is -0.493 e. The highest BCUT2D eigenvalue weighted by Crippen LogP contribution is 2.40. The van der Waals surface area contributed by atoms with Gasteiger partial charge in [0.05, 0.1) is 37.1 Å². The van der Waals surface area contributed by atoms with E-state index in [-0.39, 0.29) is 5.91 Å². The van der Waals surface area contributed by atoms with Crippen LogP contribution >= 0.6 is 11.3 Å². The summed E-state index contributed by atoms with van der Waals surface area (Å²) in [6.45, 7) is 0. The number of nitrogens with zero attached hydrogens (tertiary/aromatic N) is 2. The molecule has 0 bridgehead atoms. The average Bonchev–Trinajstić information content (AvgIpc) is 3.05. The van der Waals surface area contributed by atoms with E-state index in [1.807, 2.05) is 0 Å². The van der Waals surface area contributed by atoms with E-state index in [0.717, 1.165) is 4.70 Å². The minimum atomic E-state index is -0.269. The Hall–Kier alpha value is -2.87. The molecule has 0 aliphatic carbocycles. The van der Waals surface area contributed by atoms with Crippen molar-refractivity contribution < 1.29 is 19.0 Å². The Labute approximate surface area is 142 Å². The van der Waals surface area contributed by atoms with E-state index < -0.39 is 0 Å². The second-order valence-corrected chi connectivity index (χ2v) is 5.66. The number of hydrogen-bond acceptors (Lipinski definition) is 7. The first-order valence-corrected chi connectivity index (χ1v) is 7.84. The Balaban J connectivity index is 1.94. The normalized spacial score (nSPS) is 10.5. The molecule has 3 rings (SSSR count). The summed E-state index contributed by atoms with van der Waals surface area (Å²) in [4.78, 5) is 20.7. The Morgan fingerprint density at radius 3 is 2.46 bits per heavy atom. The van der Waals surface area contributed by atoms with Crippen LogP contribution in [0.5, 0.6) is 17.2 Å². The fourth-order valence-corrected chi connectivity index (χ4v) is 3.16. The lowest BCUT2D eigenvalue weighted by atomic mass is 10.2. The Morgan fingerprint density at radius 2 is 1.83 bits per heavy atom. The van der Waals surface area contributed by atoms with Gasteiger partial charge in [-0.25, -0.2) is 9.97 Å². The van der Waals surface area contributed by atoms with Gasteiger partial charge in [0.2, 0.25) is 5.75 Å². The van der Waals surface area contributed by atoms with Crippen LogP contribution in [0.3, 0.4) is 0 Å². The third kappa shape index (κ3) is 2.83. The summed E-state index contributed by atoms with van der Waals surface area (Å²) in [5.74, 6) is 1.12. The van der Waals surface area contributed by atoms with Crippen molar-refractivity contribution in [2.24, 2.45) is 0 Å². The predicted octanol–water partition coefficient (Wildman–Crippen LogP) is 2.97. The number of nitrogens with one attached hydrogen (secondary N) is 1. The molecule has 124 valence electrons. The molecule has 0 saturated carbocycles. The summed E-state index contributed by atoms with van der Waals surface area (Å²) < 4.78 is 16.7. The van der Waals surface area contributed by atoms with Crippen LogP contribution < -0.4 is 19.5 Å². The van der Waals surface area contributed by atoms with E-state index in [2.05, 4.69) is 15.3 Å². The number of amides is 1. The number of benzene rings is 1. The van der Waals surface area contributed by atoms with Crippen LogP contribution in [0.2, 0.25) is 0 Å². The van der Waals surface area contributed by atoms with E-state index in [1.165, 1.54) is 39.0 Å². The highest BCUT2D eigenvalue weighted by molar-refractivity contribution is 7.17. The summed E-state index contributed by atoms with van der Waals surface area (Å²) in [5, 5.41) is 4.59. The van der Waals surface area contributed by atoms with Gasteiger partial charge in [0.25, 0.3) is 5.91 Å². The predicted molar refractivity (Wildman–Crippen MR) is 91.5 cm³/mol. The first-order valence-electron chi connectivity index (χ1n) is 6.96. The summed E-state index contributed by atoms with van der Waals surface area (Å²) >= 11 is 1.42. The number of anilines is 1. The van der Waals surface area contributed by atoms with E-state index in [4.69, 9.17) is 14.2 Å². The molecule has 2 aromatic heterocycles. The van der Waals surface area contributed by atoms with Crippen LogP contribution in [-0.2, 0) is 0 Å². The average molecular weight is 345 g/mol. The molecule has 0 unspecified atom stereocenters. The molecule has 0 fully saturated rings. The topological polar surface area (TPSA) is 82.6 Å². The van der Waals surface area contributed by atoms with Gasteiger partial charge in [-0.05, 0) is 0 Å². The molecule has 1 amide bonds. The molecule has 3 aromatic rings. The van der Waals surface area contributed by atoms with Crippen molar-refractivity contribution in [2.75, 3.05) is 26.6 Å². The summed E-state index contributed by atoms with van der Waals surface area (Å²) in [5.41, 5.74) is 1.65. The van der Waals surface area contributed by atoms with Crippen molar-refractivity contribution in [3.05, 3.63) is 35.6 Å². The molecule has 0 radical (unpaired) electrons. The molecule has 24 heavy (non-hydrogen) atoms. The molecule has 0 atom stereocenters. The second kappa shape index (κ2) is 6.71. The fraction of sp³-hybridized carbons (Fsp3) is 0.188. The Bertz CT molecular complexity index is 869. The van der Waals surface area contributed by atoms with Gasteiger partial charge in [-0.2, -0.15) is 0 Å². The maximum absolute atomic E-state index is 12.6. The van der Waals surface area contributed by atoms with Crippen LogP contribution in [0.15, 0.2) is 30.0 Å². The Morgan fingerprint density at radius 1 is 1.12 bits per heavy atom. The van der Waals surface area contributed by atoms with E-state index >= 15 is 0 Å². The van der Waals surface area contributed by atoms with Crippen molar-refractivity contribution in [1.29, 1.82) is 0 Å². The molecule has 0 spiro atoms. The SMILES string of the molecule is COc1cc(NC(=O)c2csc3cncnc23)cc(OC)c1OC. The monoisotopic (exact) mass is 345 g/mol. The maximum atomic E-state index is 12.6. The third-order valence-corrected chi connectivity index (χ3v) is 4.31. The molecular weight excluding hydrogens is 330 g/mol. The van der Waals surface area contributed by atoms with Crippen molar-refractivity contribution in [3.8, 4) is 17.2 Å². The van der Waals surface area contributed by atoms with Gasteiger partial charge in [-0.3, -0.25) is 4.79 Å². The zero-order chi connectivity index (χ0) is 17.1. The molecule has 0 saturated heterocycles. The lowest BCUT2D eigenvalue weighted by Gasteiger charge is -2.14. The minimum absolute atomic E-state index is 0.269. The van der Waals surface area contributed by atoms with Crippen LogP contribution in [0.4, 0.5) is 5.69 Å². The number of aromatic nitrogens is 2. The second-order valence-electron chi connectivity index (χ2n) is 4.75. The number of rotatable bonds is 5. The number of carbonyl (C=O) groups excluding carboxylic acids is 1. The fourth-order valence-electron chi connectivity index (χ4n) is 2.30. The first-order chi connectivity index (χ1) is 11.7. The standard InChI is InChI=1S/C16H15N3O4S/c1-21-11-4-9(5-12(22-2)15(11)23-3)19-16(20)10-7-24-13-6-17-8-18-14(10)13/h4-8H,1-3H3,(H,19,20). The zero-order valence-corrected chi connectivity index (χ0v) is 14.1. The first kappa shape index (κ1) is 16.0. The van der Waals surface area contributed by atoms with Crippen molar-refractivity contribution in [2.45, 2.75) is 0 Å². The zero-order valence-electron chi connectivity index (χ0n) is 13.3. The van der Waals surface area contributed by atoms with Gasteiger partial charge in [-0.1, -0.05) is 0 Å². The molecule has 8 heteroatoms. The maximum Gasteiger partial charge on any atom is 0.258 e. The van der Waals surface area contributed by atoms with Crippen LogP contribution in [0.1, 0.15) is 10.4 Å². The smallest absolute Gasteiger partial charge is 0.258 e. The van der Waals surface area contributed by atoms with E-state index in [1.54, 1.807) is 23.7 Å². The summed E-state index contributed by atoms with van der Waals surface area (Å²) in [7, 11) is 4.56. The number of ether oxygens (including phenoxy) is 3. The van der Waals surface area contributed by atoms with Gasteiger partial charge in [-0.15, -0.1) is 11.3 Å². The number of methoxy groups -OCH3 is 3. The largest absolute Gasteiger partial charge is 0.493 e. The van der Waals surface area contributed by atoms with Gasteiger partial charge in [0, 0.05) is 29.4 Å². The van der Waals surface area contributed by atoms with Gasteiger partial charge >= 0.3 is 0 Å². The molecule has 2 heterocycles.